The van der Waals surface area contributed by atoms with E-state index in [-0.39, 0.29) is 23.3 Å². The summed E-state index contributed by atoms with van der Waals surface area (Å²) in [6, 6.07) is -0.648. The normalized spacial score (nSPS) is 23.0. The van der Waals surface area contributed by atoms with Gasteiger partial charge in [0.15, 0.2) is 0 Å². The number of amides is 4. The van der Waals surface area contributed by atoms with Crippen molar-refractivity contribution in [3.05, 3.63) is 0 Å². The van der Waals surface area contributed by atoms with Gasteiger partial charge in [-0.2, -0.15) is 0 Å². The number of carbonyl (C=O) groups excluding carboxylic acids is 3. The van der Waals surface area contributed by atoms with Crippen LogP contribution < -0.4 is 16.4 Å². The minimum atomic E-state index is -0.833. The standard InChI is InChI=1S/C14H24N4O3/c1-13(2,3)9(15)8-10(19)18-6-4-14(5-7-18)11(20)16-12(21)17-14/h9H,4-8,15H2,1-3H3,(H2,16,17,20,21). The third-order valence-electron chi connectivity index (χ3n) is 4.49. The maximum Gasteiger partial charge on any atom is 0.322 e. The van der Waals surface area contributed by atoms with E-state index in [0.29, 0.717) is 32.4 Å². The highest BCUT2D eigenvalue weighted by atomic mass is 16.2. The molecule has 2 aliphatic rings. The topological polar surface area (TPSA) is 105 Å². The van der Waals surface area contributed by atoms with Crippen LogP contribution in [0.5, 0.6) is 0 Å². The molecule has 0 saturated carbocycles. The third kappa shape index (κ3) is 3.18. The fourth-order valence-electron chi connectivity index (χ4n) is 2.64. The van der Waals surface area contributed by atoms with Crippen LogP contribution in [0.4, 0.5) is 4.79 Å². The predicted molar refractivity (Wildman–Crippen MR) is 77.3 cm³/mol. The number of nitrogens with one attached hydrogen (secondary N) is 2. The van der Waals surface area contributed by atoms with Crippen LogP contribution in [0.25, 0.3) is 0 Å². The van der Waals surface area contributed by atoms with Crippen LogP contribution >= 0.6 is 0 Å². The van der Waals surface area contributed by atoms with Crippen molar-refractivity contribution < 1.29 is 14.4 Å². The van der Waals surface area contributed by atoms with Gasteiger partial charge in [-0.05, 0) is 18.3 Å². The van der Waals surface area contributed by atoms with E-state index in [1.54, 1.807) is 4.90 Å². The van der Waals surface area contributed by atoms with Crippen molar-refractivity contribution in [1.29, 1.82) is 0 Å². The van der Waals surface area contributed by atoms with Gasteiger partial charge in [0.05, 0.1) is 0 Å². The molecule has 2 saturated heterocycles. The number of urea groups is 1. The van der Waals surface area contributed by atoms with Crippen LogP contribution in [0.2, 0.25) is 0 Å². The van der Waals surface area contributed by atoms with E-state index in [0.717, 1.165) is 0 Å². The number of likely N-dealkylation sites (tertiary alicyclic amines) is 1. The highest BCUT2D eigenvalue weighted by Crippen LogP contribution is 2.27. The van der Waals surface area contributed by atoms with Crippen LogP contribution in [-0.2, 0) is 9.59 Å². The molecule has 0 aromatic heterocycles. The fourth-order valence-corrected chi connectivity index (χ4v) is 2.64. The Labute approximate surface area is 124 Å². The number of rotatable bonds is 2. The molecule has 0 aliphatic carbocycles. The van der Waals surface area contributed by atoms with Gasteiger partial charge >= 0.3 is 6.03 Å². The van der Waals surface area contributed by atoms with Crippen molar-refractivity contribution in [3.8, 4) is 0 Å². The van der Waals surface area contributed by atoms with Crippen molar-refractivity contribution in [2.24, 2.45) is 11.1 Å². The largest absolute Gasteiger partial charge is 0.342 e. The van der Waals surface area contributed by atoms with E-state index in [4.69, 9.17) is 5.73 Å². The second kappa shape index (κ2) is 5.29. The zero-order valence-corrected chi connectivity index (χ0v) is 12.9. The number of hydrogen-bond donors (Lipinski definition) is 3. The second-order valence-corrected chi connectivity index (χ2v) is 7.05. The molecule has 0 aromatic carbocycles. The zero-order valence-electron chi connectivity index (χ0n) is 12.9. The highest BCUT2D eigenvalue weighted by molar-refractivity contribution is 6.07. The van der Waals surface area contributed by atoms with Gasteiger partial charge in [-0.25, -0.2) is 4.79 Å². The van der Waals surface area contributed by atoms with Crippen molar-refractivity contribution in [1.82, 2.24) is 15.5 Å². The smallest absolute Gasteiger partial charge is 0.322 e. The summed E-state index contributed by atoms with van der Waals surface area (Å²) in [6.07, 6.45) is 1.19. The lowest BCUT2D eigenvalue weighted by Gasteiger charge is -2.38. The molecule has 1 unspecified atom stereocenters. The summed E-state index contributed by atoms with van der Waals surface area (Å²) in [4.78, 5) is 37.1. The number of carbonyl (C=O) groups is 3. The molecule has 2 rings (SSSR count). The van der Waals surface area contributed by atoms with Crippen LogP contribution in [0.3, 0.4) is 0 Å². The summed E-state index contributed by atoms with van der Waals surface area (Å²) in [5.41, 5.74) is 5.09. The average molecular weight is 296 g/mol. The lowest BCUT2D eigenvalue weighted by atomic mass is 9.84. The van der Waals surface area contributed by atoms with Gasteiger partial charge in [0.2, 0.25) is 5.91 Å². The van der Waals surface area contributed by atoms with Crippen LogP contribution in [0, 0.1) is 5.41 Å². The van der Waals surface area contributed by atoms with E-state index >= 15 is 0 Å². The van der Waals surface area contributed by atoms with E-state index in [1.165, 1.54) is 0 Å². The Balaban J connectivity index is 1.91. The molecule has 118 valence electrons. The van der Waals surface area contributed by atoms with Crippen LogP contribution in [0.1, 0.15) is 40.0 Å². The molecule has 0 bridgehead atoms. The molecule has 2 aliphatic heterocycles. The molecule has 2 fully saturated rings. The third-order valence-corrected chi connectivity index (χ3v) is 4.49. The Morgan fingerprint density at radius 3 is 2.33 bits per heavy atom. The van der Waals surface area contributed by atoms with Crippen molar-refractivity contribution in [3.63, 3.8) is 0 Å². The molecule has 4 N–H and O–H groups in total. The maximum atomic E-state index is 12.3. The fraction of sp³-hybridized carbons (Fsp3) is 0.786. The van der Waals surface area contributed by atoms with Crippen LogP contribution in [0.15, 0.2) is 0 Å². The first-order valence-electron chi connectivity index (χ1n) is 7.31. The quantitative estimate of drug-likeness (QED) is 0.621. The Morgan fingerprint density at radius 2 is 1.90 bits per heavy atom. The molecule has 1 atom stereocenters. The van der Waals surface area contributed by atoms with Gasteiger partial charge in [-0.15, -0.1) is 0 Å². The maximum absolute atomic E-state index is 12.3. The molecule has 2 heterocycles. The molecule has 7 nitrogen and oxygen atoms in total. The number of piperidine rings is 1. The number of imide groups is 1. The van der Waals surface area contributed by atoms with Gasteiger partial charge in [-0.3, -0.25) is 14.9 Å². The molecule has 0 aromatic rings. The van der Waals surface area contributed by atoms with E-state index < -0.39 is 11.6 Å². The van der Waals surface area contributed by atoms with Gasteiger partial charge < -0.3 is 16.0 Å². The van der Waals surface area contributed by atoms with Crippen molar-refractivity contribution >= 4 is 17.8 Å². The molecule has 21 heavy (non-hydrogen) atoms. The molecule has 1 spiro atoms. The van der Waals surface area contributed by atoms with Crippen molar-refractivity contribution in [2.45, 2.75) is 51.6 Å². The molecular formula is C14H24N4O3. The minimum Gasteiger partial charge on any atom is -0.342 e. The Kier molecular flexibility index (Phi) is 3.97. The summed E-state index contributed by atoms with van der Waals surface area (Å²) in [5.74, 6) is -0.275. The van der Waals surface area contributed by atoms with E-state index in [2.05, 4.69) is 10.6 Å². The first-order valence-corrected chi connectivity index (χ1v) is 7.31. The summed E-state index contributed by atoms with van der Waals surface area (Å²) < 4.78 is 0. The summed E-state index contributed by atoms with van der Waals surface area (Å²) in [5, 5.41) is 4.94. The summed E-state index contributed by atoms with van der Waals surface area (Å²) in [7, 11) is 0. The van der Waals surface area contributed by atoms with Crippen LogP contribution in [-0.4, -0.2) is 47.4 Å². The SMILES string of the molecule is CC(C)(C)C(N)CC(=O)N1CCC2(CC1)NC(=O)NC2=O. The number of nitrogens with zero attached hydrogens (tertiary/aromatic N) is 1. The van der Waals surface area contributed by atoms with Gasteiger partial charge in [0.1, 0.15) is 5.54 Å². The lowest BCUT2D eigenvalue weighted by molar-refractivity contribution is -0.136. The first-order chi connectivity index (χ1) is 9.64. The summed E-state index contributed by atoms with van der Waals surface area (Å²) in [6.45, 7) is 6.95. The highest BCUT2D eigenvalue weighted by Gasteiger charge is 2.48. The monoisotopic (exact) mass is 296 g/mol. The lowest BCUT2D eigenvalue weighted by Crippen LogP contribution is -2.56. The molecular weight excluding hydrogens is 272 g/mol. The Hall–Kier alpha value is -1.63. The average Bonchev–Trinajstić information content (AvgIpc) is 2.63. The molecule has 7 heteroatoms. The van der Waals surface area contributed by atoms with Crippen molar-refractivity contribution in [2.75, 3.05) is 13.1 Å². The van der Waals surface area contributed by atoms with Gasteiger partial charge in [0.25, 0.3) is 5.91 Å². The number of nitrogens with two attached hydrogens (primary N) is 1. The molecule has 0 radical (unpaired) electrons. The summed E-state index contributed by atoms with van der Waals surface area (Å²) >= 11 is 0. The Morgan fingerprint density at radius 1 is 1.33 bits per heavy atom. The minimum absolute atomic E-state index is 0.0111. The second-order valence-electron chi connectivity index (χ2n) is 7.05. The van der Waals surface area contributed by atoms with E-state index in [9.17, 15) is 14.4 Å². The predicted octanol–water partition coefficient (Wildman–Crippen LogP) is -0.0495. The van der Waals surface area contributed by atoms with Gasteiger partial charge in [0, 0.05) is 25.6 Å². The van der Waals surface area contributed by atoms with E-state index in [1.807, 2.05) is 20.8 Å². The molecule has 4 amide bonds. The van der Waals surface area contributed by atoms with Gasteiger partial charge in [-0.1, -0.05) is 20.8 Å². The number of hydrogen-bond acceptors (Lipinski definition) is 4. The first kappa shape index (κ1) is 15.8. The zero-order chi connectivity index (χ0) is 15.8. The Bertz CT molecular complexity index is 461.